The lowest BCUT2D eigenvalue weighted by atomic mass is 9.88. The minimum atomic E-state index is -3.32. The first-order valence-corrected chi connectivity index (χ1v) is 7.63. The average molecular weight is 263 g/mol. The van der Waals surface area contributed by atoms with Crippen LogP contribution in [-0.2, 0) is 10.2 Å². The van der Waals surface area contributed by atoms with Crippen LogP contribution in [0.3, 0.4) is 0 Å². The van der Waals surface area contributed by atoms with E-state index in [9.17, 15) is 8.42 Å². The zero-order valence-corrected chi connectivity index (χ0v) is 12.1. The van der Waals surface area contributed by atoms with Gasteiger partial charge in [0.05, 0.1) is 0 Å². The van der Waals surface area contributed by atoms with Crippen molar-refractivity contribution >= 4 is 10.2 Å². The monoisotopic (exact) mass is 263 g/mol. The molecule has 1 aliphatic heterocycles. The fourth-order valence-corrected chi connectivity index (χ4v) is 3.69. The maximum atomic E-state index is 12.3. The lowest BCUT2D eigenvalue weighted by Gasteiger charge is -2.38. The van der Waals surface area contributed by atoms with E-state index in [1.54, 1.807) is 11.4 Å². The van der Waals surface area contributed by atoms with Crippen molar-refractivity contribution < 1.29 is 8.42 Å². The van der Waals surface area contributed by atoms with Gasteiger partial charge in [0, 0.05) is 26.2 Å². The summed E-state index contributed by atoms with van der Waals surface area (Å²) >= 11 is 0. The van der Waals surface area contributed by atoms with Crippen LogP contribution in [0.25, 0.3) is 0 Å². The van der Waals surface area contributed by atoms with E-state index < -0.39 is 10.2 Å². The normalized spacial score (nSPS) is 27.9. The number of nitrogens with zero attached hydrogens (tertiary/aromatic N) is 2. The predicted octanol–water partition coefficient (Wildman–Crippen LogP) is 0.488. The first kappa shape index (κ1) is 14.9. The molecule has 0 aromatic heterocycles. The Morgan fingerprint density at radius 2 is 2.06 bits per heavy atom. The molecule has 1 saturated heterocycles. The van der Waals surface area contributed by atoms with Crippen molar-refractivity contribution in [1.82, 2.24) is 8.61 Å². The summed E-state index contributed by atoms with van der Waals surface area (Å²) in [6.45, 7) is 7.62. The van der Waals surface area contributed by atoms with E-state index in [0.717, 1.165) is 6.42 Å². The third-order valence-corrected chi connectivity index (χ3v) is 5.93. The Bertz CT molecular complexity index is 343. The zero-order chi connectivity index (χ0) is 13.2. The minimum Gasteiger partial charge on any atom is -0.330 e. The lowest BCUT2D eigenvalue weighted by molar-refractivity contribution is 0.192. The molecule has 1 heterocycles. The first-order chi connectivity index (χ1) is 7.80. The maximum absolute atomic E-state index is 12.3. The highest BCUT2D eigenvalue weighted by atomic mass is 32.2. The summed E-state index contributed by atoms with van der Waals surface area (Å²) < 4.78 is 27.6. The Balaban J connectivity index is 2.80. The third kappa shape index (κ3) is 3.19. The van der Waals surface area contributed by atoms with E-state index in [-0.39, 0.29) is 12.0 Å². The van der Waals surface area contributed by atoms with E-state index in [1.165, 1.54) is 4.31 Å². The van der Waals surface area contributed by atoms with Gasteiger partial charge >= 0.3 is 0 Å². The fraction of sp³-hybridized carbons (Fsp3) is 1.00. The van der Waals surface area contributed by atoms with E-state index in [1.807, 2.05) is 13.8 Å². The number of piperidine rings is 1. The number of rotatable bonds is 4. The highest BCUT2D eigenvalue weighted by molar-refractivity contribution is 7.86. The average Bonchev–Trinajstić information content (AvgIpc) is 2.28. The molecule has 6 heteroatoms. The van der Waals surface area contributed by atoms with Crippen LogP contribution in [0, 0.1) is 11.8 Å². The van der Waals surface area contributed by atoms with E-state index in [2.05, 4.69) is 6.92 Å². The van der Waals surface area contributed by atoms with Gasteiger partial charge < -0.3 is 5.73 Å². The molecule has 1 aliphatic rings. The maximum Gasteiger partial charge on any atom is 0.281 e. The van der Waals surface area contributed by atoms with Crippen LogP contribution < -0.4 is 5.73 Å². The number of nitrogens with two attached hydrogens (primary N) is 1. The van der Waals surface area contributed by atoms with Crippen molar-refractivity contribution in [2.75, 3.05) is 26.7 Å². The topological polar surface area (TPSA) is 66.6 Å². The van der Waals surface area contributed by atoms with E-state index >= 15 is 0 Å². The van der Waals surface area contributed by atoms with Crippen LogP contribution >= 0.6 is 0 Å². The highest BCUT2D eigenvalue weighted by Crippen LogP contribution is 2.25. The second-order valence-corrected chi connectivity index (χ2v) is 7.23. The number of hydrogen-bond donors (Lipinski definition) is 1. The van der Waals surface area contributed by atoms with Gasteiger partial charge in [-0.2, -0.15) is 17.0 Å². The Morgan fingerprint density at radius 1 is 1.47 bits per heavy atom. The third-order valence-electron chi connectivity index (χ3n) is 3.80. The second-order valence-electron chi connectivity index (χ2n) is 5.24. The summed E-state index contributed by atoms with van der Waals surface area (Å²) in [5, 5.41) is 0. The summed E-state index contributed by atoms with van der Waals surface area (Å²) in [5.74, 6) is 0.787. The molecule has 0 aliphatic carbocycles. The van der Waals surface area contributed by atoms with Crippen molar-refractivity contribution in [2.45, 2.75) is 33.2 Å². The van der Waals surface area contributed by atoms with Crippen LogP contribution in [0.15, 0.2) is 0 Å². The van der Waals surface area contributed by atoms with Gasteiger partial charge in [-0.25, -0.2) is 0 Å². The van der Waals surface area contributed by atoms with Crippen LogP contribution in [-0.4, -0.2) is 49.8 Å². The van der Waals surface area contributed by atoms with Crippen LogP contribution in [0.2, 0.25) is 0 Å². The predicted molar refractivity (Wildman–Crippen MR) is 69.7 cm³/mol. The largest absolute Gasteiger partial charge is 0.330 e. The summed E-state index contributed by atoms with van der Waals surface area (Å²) in [7, 11) is -1.68. The van der Waals surface area contributed by atoms with Crippen molar-refractivity contribution in [3.8, 4) is 0 Å². The molecule has 0 amide bonds. The molecule has 1 rings (SSSR count). The van der Waals surface area contributed by atoms with Crippen molar-refractivity contribution in [2.24, 2.45) is 17.6 Å². The quantitative estimate of drug-likeness (QED) is 0.802. The van der Waals surface area contributed by atoms with Gasteiger partial charge in [-0.05, 0) is 38.6 Å². The van der Waals surface area contributed by atoms with E-state index in [4.69, 9.17) is 5.73 Å². The zero-order valence-electron chi connectivity index (χ0n) is 11.3. The highest BCUT2D eigenvalue weighted by Gasteiger charge is 2.35. The molecule has 0 bridgehead atoms. The molecule has 102 valence electrons. The molecule has 17 heavy (non-hydrogen) atoms. The standard InChI is InChI=1S/C11H25N3O2S/c1-9(2)13(4)17(15,16)14-6-5-10(3)11(7-12)8-14/h9-11H,5-8,12H2,1-4H3. The fourth-order valence-electron chi connectivity index (χ4n) is 2.08. The molecule has 2 atom stereocenters. The molecule has 0 saturated carbocycles. The summed E-state index contributed by atoms with van der Waals surface area (Å²) in [4.78, 5) is 0. The molecule has 0 radical (unpaired) electrons. The van der Waals surface area contributed by atoms with Gasteiger partial charge in [0.15, 0.2) is 0 Å². The minimum absolute atomic E-state index is 0.0179. The Kier molecular flexibility index (Phi) is 4.95. The summed E-state index contributed by atoms with van der Waals surface area (Å²) in [6, 6.07) is -0.0179. The molecule has 0 spiro atoms. The van der Waals surface area contributed by atoms with E-state index in [0.29, 0.717) is 25.6 Å². The molecule has 2 unspecified atom stereocenters. The summed E-state index contributed by atoms with van der Waals surface area (Å²) in [6.07, 6.45) is 0.896. The SMILES string of the molecule is CC1CCN(S(=O)(=O)N(C)C(C)C)CC1CN. The second kappa shape index (κ2) is 5.65. The van der Waals surface area contributed by atoms with Gasteiger partial charge in [0.2, 0.25) is 0 Å². The molecular formula is C11H25N3O2S. The molecule has 0 aromatic carbocycles. The van der Waals surface area contributed by atoms with Crippen LogP contribution in [0.4, 0.5) is 0 Å². The van der Waals surface area contributed by atoms with Gasteiger partial charge in [0.25, 0.3) is 10.2 Å². The molecule has 1 fully saturated rings. The van der Waals surface area contributed by atoms with Crippen molar-refractivity contribution in [1.29, 1.82) is 0 Å². The first-order valence-electron chi connectivity index (χ1n) is 6.23. The molecule has 5 nitrogen and oxygen atoms in total. The molecular weight excluding hydrogens is 238 g/mol. The lowest BCUT2D eigenvalue weighted by Crippen LogP contribution is -2.51. The Hall–Kier alpha value is -0.170. The van der Waals surface area contributed by atoms with Gasteiger partial charge in [0.1, 0.15) is 0 Å². The molecule has 0 aromatic rings. The van der Waals surface area contributed by atoms with Gasteiger partial charge in [-0.3, -0.25) is 0 Å². The smallest absolute Gasteiger partial charge is 0.281 e. The van der Waals surface area contributed by atoms with Crippen LogP contribution in [0.5, 0.6) is 0 Å². The van der Waals surface area contributed by atoms with Crippen molar-refractivity contribution in [3.63, 3.8) is 0 Å². The Labute approximate surface area is 105 Å². The van der Waals surface area contributed by atoms with Gasteiger partial charge in [-0.1, -0.05) is 6.92 Å². The van der Waals surface area contributed by atoms with Crippen molar-refractivity contribution in [3.05, 3.63) is 0 Å². The van der Waals surface area contributed by atoms with Gasteiger partial charge in [-0.15, -0.1) is 0 Å². The molecule has 2 N–H and O–H groups in total. The number of hydrogen-bond acceptors (Lipinski definition) is 3. The Morgan fingerprint density at radius 3 is 2.53 bits per heavy atom. The van der Waals surface area contributed by atoms with Crippen LogP contribution in [0.1, 0.15) is 27.2 Å². The summed E-state index contributed by atoms with van der Waals surface area (Å²) in [5.41, 5.74) is 5.70.